The first-order valence-electron chi connectivity index (χ1n) is 7.14. The number of anilines is 1. The van der Waals surface area contributed by atoms with E-state index >= 15 is 0 Å². The van der Waals surface area contributed by atoms with Crippen molar-refractivity contribution in [2.75, 3.05) is 11.6 Å². The first-order valence-corrected chi connectivity index (χ1v) is 7.52. The Morgan fingerprint density at radius 3 is 2.48 bits per heavy atom. The van der Waals surface area contributed by atoms with Crippen LogP contribution in [0.1, 0.15) is 24.4 Å². The number of rotatable bonds is 4. The number of hydrogen-bond acceptors (Lipinski definition) is 3. The first-order chi connectivity index (χ1) is 10.3. The average molecular weight is 300 g/mol. The standard InChI is InChI=1S/C17H18ClN3/c18-14-6-8-16(9-7-14)21-17(12-15(20-21)10-11-19)13-4-2-1-3-5-13/h1-9,17H,10-12,19H2. The van der Waals surface area contributed by atoms with Crippen LogP contribution in [0.5, 0.6) is 0 Å². The average Bonchev–Trinajstić information content (AvgIpc) is 2.93. The monoisotopic (exact) mass is 299 g/mol. The third-order valence-corrected chi connectivity index (χ3v) is 3.93. The molecular weight excluding hydrogens is 282 g/mol. The van der Waals surface area contributed by atoms with E-state index in [0.29, 0.717) is 6.54 Å². The molecule has 1 aliphatic rings. The number of halogens is 1. The summed E-state index contributed by atoms with van der Waals surface area (Å²) in [6.45, 7) is 0.634. The molecule has 1 unspecified atom stereocenters. The first kappa shape index (κ1) is 14.1. The molecule has 0 radical (unpaired) electrons. The summed E-state index contributed by atoms with van der Waals surface area (Å²) < 4.78 is 0. The maximum Gasteiger partial charge on any atom is 0.0828 e. The fourth-order valence-corrected chi connectivity index (χ4v) is 2.78. The van der Waals surface area contributed by atoms with Gasteiger partial charge in [0, 0.05) is 17.2 Å². The molecule has 1 heterocycles. The van der Waals surface area contributed by atoms with Gasteiger partial charge in [-0.05, 0) is 42.8 Å². The topological polar surface area (TPSA) is 41.6 Å². The van der Waals surface area contributed by atoms with Gasteiger partial charge in [-0.3, -0.25) is 5.01 Å². The SMILES string of the molecule is NCCC1=NN(c2ccc(Cl)cc2)C(c2ccccc2)C1. The maximum atomic E-state index is 5.98. The van der Waals surface area contributed by atoms with E-state index in [9.17, 15) is 0 Å². The van der Waals surface area contributed by atoms with Gasteiger partial charge in [0.25, 0.3) is 0 Å². The summed E-state index contributed by atoms with van der Waals surface area (Å²) >= 11 is 5.98. The molecule has 1 aliphatic heterocycles. The van der Waals surface area contributed by atoms with Gasteiger partial charge >= 0.3 is 0 Å². The van der Waals surface area contributed by atoms with Crippen LogP contribution in [-0.4, -0.2) is 12.3 Å². The molecule has 4 heteroatoms. The molecule has 0 saturated heterocycles. The molecule has 0 amide bonds. The Kier molecular flexibility index (Phi) is 4.23. The second-order valence-corrected chi connectivity index (χ2v) is 5.59. The van der Waals surface area contributed by atoms with Crippen molar-refractivity contribution in [2.24, 2.45) is 10.8 Å². The van der Waals surface area contributed by atoms with Crippen molar-refractivity contribution >= 4 is 23.0 Å². The van der Waals surface area contributed by atoms with Gasteiger partial charge in [0.2, 0.25) is 0 Å². The summed E-state index contributed by atoms with van der Waals surface area (Å²) in [6, 6.07) is 18.5. The molecule has 108 valence electrons. The van der Waals surface area contributed by atoms with Crippen LogP contribution in [-0.2, 0) is 0 Å². The predicted octanol–water partition coefficient (Wildman–Crippen LogP) is 4.00. The highest BCUT2D eigenvalue weighted by atomic mass is 35.5. The zero-order chi connectivity index (χ0) is 14.7. The van der Waals surface area contributed by atoms with E-state index in [4.69, 9.17) is 22.4 Å². The van der Waals surface area contributed by atoms with E-state index in [1.54, 1.807) is 0 Å². The van der Waals surface area contributed by atoms with Crippen LogP contribution in [0.25, 0.3) is 0 Å². The highest BCUT2D eigenvalue weighted by Gasteiger charge is 2.28. The van der Waals surface area contributed by atoms with Gasteiger partial charge < -0.3 is 5.73 Å². The molecule has 0 aromatic heterocycles. The van der Waals surface area contributed by atoms with Gasteiger partial charge in [-0.1, -0.05) is 41.9 Å². The number of nitrogens with two attached hydrogens (primary N) is 1. The summed E-state index contributed by atoms with van der Waals surface area (Å²) in [5.74, 6) is 0. The second-order valence-electron chi connectivity index (χ2n) is 5.16. The van der Waals surface area contributed by atoms with Gasteiger partial charge in [0.15, 0.2) is 0 Å². The minimum Gasteiger partial charge on any atom is -0.330 e. The minimum absolute atomic E-state index is 0.230. The van der Waals surface area contributed by atoms with E-state index < -0.39 is 0 Å². The van der Waals surface area contributed by atoms with Crippen molar-refractivity contribution < 1.29 is 0 Å². The van der Waals surface area contributed by atoms with Crippen LogP contribution in [0.2, 0.25) is 5.02 Å². The summed E-state index contributed by atoms with van der Waals surface area (Å²) in [5.41, 5.74) is 9.16. The maximum absolute atomic E-state index is 5.98. The molecule has 2 aromatic rings. The highest BCUT2D eigenvalue weighted by molar-refractivity contribution is 6.30. The lowest BCUT2D eigenvalue weighted by Gasteiger charge is -2.24. The third-order valence-electron chi connectivity index (χ3n) is 3.68. The zero-order valence-corrected chi connectivity index (χ0v) is 12.5. The molecule has 0 spiro atoms. The van der Waals surface area contributed by atoms with Crippen molar-refractivity contribution in [1.29, 1.82) is 0 Å². The minimum atomic E-state index is 0.230. The second kappa shape index (κ2) is 6.29. The Morgan fingerprint density at radius 2 is 1.81 bits per heavy atom. The highest BCUT2D eigenvalue weighted by Crippen LogP contribution is 2.35. The normalized spacial score (nSPS) is 17.9. The molecule has 0 fully saturated rings. The van der Waals surface area contributed by atoms with Gasteiger partial charge in [0.1, 0.15) is 0 Å². The molecule has 0 aliphatic carbocycles. The Bertz CT molecular complexity index is 622. The van der Waals surface area contributed by atoms with Crippen molar-refractivity contribution in [3.8, 4) is 0 Å². The lowest BCUT2D eigenvalue weighted by atomic mass is 10.0. The largest absolute Gasteiger partial charge is 0.330 e. The Morgan fingerprint density at radius 1 is 1.10 bits per heavy atom. The predicted molar refractivity (Wildman–Crippen MR) is 88.8 cm³/mol. The van der Waals surface area contributed by atoms with Crippen LogP contribution in [0, 0.1) is 0 Å². The number of hydrazone groups is 1. The van der Waals surface area contributed by atoms with Crippen LogP contribution < -0.4 is 10.7 Å². The molecule has 3 nitrogen and oxygen atoms in total. The molecule has 0 bridgehead atoms. The van der Waals surface area contributed by atoms with Gasteiger partial charge in [-0.25, -0.2) is 0 Å². The molecule has 21 heavy (non-hydrogen) atoms. The van der Waals surface area contributed by atoms with Gasteiger partial charge in [0.05, 0.1) is 11.7 Å². The lowest BCUT2D eigenvalue weighted by molar-refractivity contribution is 0.708. The van der Waals surface area contributed by atoms with Crippen LogP contribution in [0.3, 0.4) is 0 Å². The summed E-state index contributed by atoms with van der Waals surface area (Å²) in [4.78, 5) is 0. The zero-order valence-electron chi connectivity index (χ0n) is 11.7. The third kappa shape index (κ3) is 3.09. The van der Waals surface area contributed by atoms with E-state index in [1.807, 2.05) is 30.3 Å². The van der Waals surface area contributed by atoms with E-state index in [2.05, 4.69) is 29.3 Å². The molecule has 3 rings (SSSR count). The van der Waals surface area contributed by atoms with Crippen LogP contribution >= 0.6 is 11.6 Å². The van der Waals surface area contributed by atoms with Crippen molar-refractivity contribution in [3.63, 3.8) is 0 Å². The molecule has 0 saturated carbocycles. The Balaban J connectivity index is 1.94. The quantitative estimate of drug-likeness (QED) is 0.927. The summed E-state index contributed by atoms with van der Waals surface area (Å²) in [6.07, 6.45) is 1.76. The number of benzene rings is 2. The van der Waals surface area contributed by atoms with Crippen molar-refractivity contribution in [1.82, 2.24) is 0 Å². The molecule has 2 N–H and O–H groups in total. The van der Waals surface area contributed by atoms with Crippen LogP contribution in [0.15, 0.2) is 59.7 Å². The van der Waals surface area contributed by atoms with Gasteiger partial charge in [-0.15, -0.1) is 0 Å². The van der Waals surface area contributed by atoms with Crippen molar-refractivity contribution in [3.05, 3.63) is 65.2 Å². The van der Waals surface area contributed by atoms with E-state index in [1.165, 1.54) is 5.56 Å². The fraction of sp³-hybridized carbons (Fsp3) is 0.235. The number of nitrogens with zero attached hydrogens (tertiary/aromatic N) is 2. The molecular formula is C17H18ClN3. The van der Waals surface area contributed by atoms with E-state index in [0.717, 1.165) is 29.3 Å². The van der Waals surface area contributed by atoms with Gasteiger partial charge in [-0.2, -0.15) is 5.10 Å². The van der Waals surface area contributed by atoms with Crippen molar-refractivity contribution in [2.45, 2.75) is 18.9 Å². The number of hydrogen-bond donors (Lipinski definition) is 1. The summed E-state index contributed by atoms with van der Waals surface area (Å²) in [5, 5.41) is 7.58. The Hall–Kier alpha value is -1.84. The summed E-state index contributed by atoms with van der Waals surface area (Å²) in [7, 11) is 0. The fourth-order valence-electron chi connectivity index (χ4n) is 2.66. The Labute approximate surface area is 130 Å². The van der Waals surface area contributed by atoms with Crippen LogP contribution in [0.4, 0.5) is 5.69 Å². The van der Waals surface area contributed by atoms with E-state index in [-0.39, 0.29) is 6.04 Å². The molecule has 2 aromatic carbocycles. The molecule has 1 atom stereocenters. The smallest absolute Gasteiger partial charge is 0.0828 e. The lowest BCUT2D eigenvalue weighted by Crippen LogP contribution is -2.18.